The topological polar surface area (TPSA) is 37.3 Å². The maximum absolute atomic E-state index is 14.0. The molecule has 1 N–H and O–H groups in total. The van der Waals surface area contributed by atoms with Gasteiger partial charge in [-0.1, -0.05) is 48.0 Å². The van der Waals surface area contributed by atoms with Crippen molar-refractivity contribution in [1.82, 2.24) is 9.47 Å². The van der Waals surface area contributed by atoms with Crippen LogP contribution in [0.3, 0.4) is 0 Å². The van der Waals surface area contributed by atoms with Crippen LogP contribution >= 0.6 is 11.3 Å². The van der Waals surface area contributed by atoms with Gasteiger partial charge in [-0.25, -0.2) is 4.79 Å². The molecule has 0 radical (unpaired) electrons. The molecule has 0 saturated heterocycles. The number of nitrogens with zero attached hydrogens (tertiary/aromatic N) is 2. The molecular formula is C29H29N3OS. The molecular weight excluding hydrogens is 438 g/mol. The Balaban J connectivity index is 1.51. The largest absolute Gasteiger partial charge is 0.322 e. The summed E-state index contributed by atoms with van der Waals surface area (Å²) in [6.45, 7) is 4.76. The van der Waals surface area contributed by atoms with Gasteiger partial charge in [-0.15, -0.1) is 11.3 Å². The summed E-state index contributed by atoms with van der Waals surface area (Å²) in [6.07, 6.45) is 6.92. The van der Waals surface area contributed by atoms with Gasteiger partial charge in [0.2, 0.25) is 0 Å². The molecule has 2 aromatic heterocycles. The highest BCUT2D eigenvalue weighted by Gasteiger charge is 2.36. The predicted octanol–water partition coefficient (Wildman–Crippen LogP) is 7.17. The molecule has 2 aromatic carbocycles. The number of anilines is 1. The minimum atomic E-state index is -0.169. The van der Waals surface area contributed by atoms with Gasteiger partial charge < -0.3 is 14.8 Å². The van der Waals surface area contributed by atoms with E-state index in [1.165, 1.54) is 39.4 Å². The van der Waals surface area contributed by atoms with Gasteiger partial charge in [0, 0.05) is 22.3 Å². The van der Waals surface area contributed by atoms with E-state index >= 15 is 0 Å². The standard InChI is InChI=1S/C29H29N3OS/c1-19-9-7-11-21(17-19)27-25-14-8-16-31(25)28-23(22-12-4-6-15-26(22)34-28)18-32(27)29(33)30-24-13-5-3-10-20(24)2/h3,5,7-11,13-14,16-17,27H,4,6,12,15,18H2,1-2H3,(H,30,33)/t27-/m1/s1. The fourth-order valence-corrected chi connectivity index (χ4v) is 6.88. The monoisotopic (exact) mass is 467 g/mol. The second-order valence-corrected chi connectivity index (χ2v) is 10.6. The molecule has 0 saturated carbocycles. The van der Waals surface area contributed by atoms with Crippen LogP contribution in [0.4, 0.5) is 10.5 Å². The molecule has 34 heavy (non-hydrogen) atoms. The van der Waals surface area contributed by atoms with E-state index in [0.717, 1.165) is 35.3 Å². The minimum Gasteiger partial charge on any atom is -0.310 e. The molecule has 2 aliphatic rings. The van der Waals surface area contributed by atoms with E-state index in [4.69, 9.17) is 0 Å². The number of nitrogens with one attached hydrogen (secondary N) is 1. The van der Waals surface area contributed by atoms with E-state index < -0.39 is 0 Å². The number of aryl methyl sites for hydroxylation is 3. The number of hydrogen-bond donors (Lipinski definition) is 1. The number of para-hydroxylation sites is 1. The number of fused-ring (bicyclic) bond motifs is 5. The molecule has 4 nitrogen and oxygen atoms in total. The Bertz CT molecular complexity index is 1380. The Hall–Kier alpha value is -3.31. The molecule has 0 fully saturated rings. The fraction of sp³-hybridized carbons (Fsp3) is 0.276. The van der Waals surface area contributed by atoms with E-state index in [1.54, 1.807) is 0 Å². The third-order valence-electron chi connectivity index (χ3n) is 7.18. The summed E-state index contributed by atoms with van der Waals surface area (Å²) in [5, 5.41) is 4.52. The molecule has 0 bridgehead atoms. The molecule has 5 heteroatoms. The van der Waals surface area contributed by atoms with Crippen LogP contribution in [-0.4, -0.2) is 15.5 Å². The van der Waals surface area contributed by atoms with E-state index in [1.807, 2.05) is 47.4 Å². The zero-order chi connectivity index (χ0) is 23.2. The van der Waals surface area contributed by atoms with Gasteiger partial charge in [0.15, 0.2) is 0 Å². The number of aromatic nitrogens is 1. The molecule has 1 atom stereocenters. The lowest BCUT2D eigenvalue weighted by Gasteiger charge is -2.32. The van der Waals surface area contributed by atoms with Gasteiger partial charge in [-0.2, -0.15) is 0 Å². The van der Waals surface area contributed by atoms with Crippen molar-refractivity contribution >= 4 is 23.1 Å². The number of carbonyl (C=O) groups excluding carboxylic acids is 1. The number of rotatable bonds is 2. The summed E-state index contributed by atoms with van der Waals surface area (Å²) in [6, 6.07) is 20.6. The summed E-state index contributed by atoms with van der Waals surface area (Å²) in [7, 11) is 0. The van der Waals surface area contributed by atoms with Crippen molar-refractivity contribution in [3.63, 3.8) is 0 Å². The Labute approximate surface area is 204 Å². The number of amides is 2. The van der Waals surface area contributed by atoms with Crippen LogP contribution in [0.1, 0.15) is 57.3 Å². The zero-order valence-electron chi connectivity index (χ0n) is 19.7. The molecule has 6 rings (SSSR count). The predicted molar refractivity (Wildman–Crippen MR) is 139 cm³/mol. The second kappa shape index (κ2) is 8.48. The van der Waals surface area contributed by atoms with Crippen molar-refractivity contribution in [1.29, 1.82) is 0 Å². The Kier molecular flexibility index (Phi) is 5.30. The van der Waals surface area contributed by atoms with Crippen molar-refractivity contribution in [2.75, 3.05) is 5.32 Å². The number of carbonyl (C=O) groups is 1. The van der Waals surface area contributed by atoms with Crippen LogP contribution in [0.15, 0.2) is 66.9 Å². The maximum atomic E-state index is 14.0. The van der Waals surface area contributed by atoms with Gasteiger partial charge in [0.05, 0.1) is 18.3 Å². The first kappa shape index (κ1) is 21.2. The van der Waals surface area contributed by atoms with Gasteiger partial charge in [0.1, 0.15) is 5.00 Å². The molecule has 2 amide bonds. The summed E-state index contributed by atoms with van der Waals surface area (Å²) in [5.41, 5.74) is 8.22. The molecule has 1 aliphatic heterocycles. The number of thiophene rings is 1. The number of urea groups is 1. The summed E-state index contributed by atoms with van der Waals surface area (Å²) < 4.78 is 2.34. The molecule has 3 heterocycles. The van der Waals surface area contributed by atoms with Crippen molar-refractivity contribution in [2.24, 2.45) is 0 Å². The quantitative estimate of drug-likeness (QED) is 0.333. The smallest absolute Gasteiger partial charge is 0.310 e. The highest BCUT2D eigenvalue weighted by atomic mass is 32.1. The summed E-state index contributed by atoms with van der Waals surface area (Å²) >= 11 is 1.92. The van der Waals surface area contributed by atoms with Crippen molar-refractivity contribution in [3.05, 3.63) is 105 Å². The Morgan fingerprint density at radius 2 is 1.82 bits per heavy atom. The van der Waals surface area contributed by atoms with Crippen LogP contribution in [0, 0.1) is 13.8 Å². The Morgan fingerprint density at radius 1 is 0.971 bits per heavy atom. The number of benzene rings is 2. The third-order valence-corrected chi connectivity index (χ3v) is 8.52. The highest BCUT2D eigenvalue weighted by molar-refractivity contribution is 7.15. The first-order valence-corrected chi connectivity index (χ1v) is 12.9. The molecule has 172 valence electrons. The SMILES string of the molecule is Cc1cccc([C@@H]2c3cccn3-c3sc4c(c3CN2C(=O)Nc2ccccc2C)CCCC4)c1. The van der Waals surface area contributed by atoms with Crippen molar-refractivity contribution in [3.8, 4) is 5.00 Å². The van der Waals surface area contributed by atoms with E-state index in [2.05, 4.69) is 59.4 Å². The maximum Gasteiger partial charge on any atom is 0.322 e. The molecule has 1 aliphatic carbocycles. The lowest BCUT2D eigenvalue weighted by Crippen LogP contribution is -2.38. The van der Waals surface area contributed by atoms with Crippen LogP contribution < -0.4 is 5.32 Å². The van der Waals surface area contributed by atoms with Gasteiger partial charge in [-0.3, -0.25) is 0 Å². The molecule has 0 spiro atoms. The zero-order valence-corrected chi connectivity index (χ0v) is 20.5. The second-order valence-electron chi connectivity index (χ2n) is 9.49. The molecule has 4 aromatic rings. The van der Waals surface area contributed by atoms with Crippen LogP contribution in [0.5, 0.6) is 0 Å². The summed E-state index contributed by atoms with van der Waals surface area (Å²) in [4.78, 5) is 17.5. The van der Waals surface area contributed by atoms with Crippen LogP contribution in [0.25, 0.3) is 5.00 Å². The van der Waals surface area contributed by atoms with E-state index in [0.29, 0.717) is 6.54 Å². The van der Waals surface area contributed by atoms with E-state index in [9.17, 15) is 4.79 Å². The fourth-order valence-electron chi connectivity index (χ4n) is 5.48. The van der Waals surface area contributed by atoms with Gasteiger partial charge >= 0.3 is 6.03 Å². The average Bonchev–Trinajstić information content (AvgIpc) is 3.42. The van der Waals surface area contributed by atoms with E-state index in [-0.39, 0.29) is 12.1 Å². The Morgan fingerprint density at radius 3 is 2.68 bits per heavy atom. The first-order valence-electron chi connectivity index (χ1n) is 12.1. The third kappa shape index (κ3) is 3.55. The normalized spacial score (nSPS) is 16.9. The number of hydrogen-bond acceptors (Lipinski definition) is 2. The average molecular weight is 468 g/mol. The van der Waals surface area contributed by atoms with Crippen molar-refractivity contribution < 1.29 is 4.79 Å². The van der Waals surface area contributed by atoms with Gasteiger partial charge in [0.25, 0.3) is 0 Å². The lowest BCUT2D eigenvalue weighted by atomic mass is 9.95. The highest BCUT2D eigenvalue weighted by Crippen LogP contribution is 2.44. The molecule has 0 unspecified atom stereocenters. The van der Waals surface area contributed by atoms with Gasteiger partial charge in [-0.05, 0) is 74.4 Å². The van der Waals surface area contributed by atoms with Crippen LogP contribution in [0.2, 0.25) is 0 Å². The summed E-state index contributed by atoms with van der Waals surface area (Å²) in [5.74, 6) is 0. The van der Waals surface area contributed by atoms with Crippen molar-refractivity contribution in [2.45, 2.75) is 52.1 Å². The minimum absolute atomic E-state index is 0.0582. The van der Waals surface area contributed by atoms with Crippen LogP contribution in [-0.2, 0) is 19.4 Å². The lowest BCUT2D eigenvalue weighted by molar-refractivity contribution is 0.194. The first-order chi connectivity index (χ1) is 16.6.